The van der Waals surface area contributed by atoms with Gasteiger partial charge in [0.25, 0.3) is 11.6 Å². The second kappa shape index (κ2) is 7.99. The minimum atomic E-state index is -0.754. The Kier molecular flexibility index (Phi) is 5.49. The Bertz CT molecular complexity index is 894. The third kappa shape index (κ3) is 4.13. The number of benzene rings is 2. The van der Waals surface area contributed by atoms with E-state index in [0.717, 1.165) is 24.8 Å². The highest BCUT2D eigenvalue weighted by atomic mass is 16.6. The Morgan fingerprint density at radius 1 is 1.22 bits per heavy atom. The fourth-order valence-electron chi connectivity index (χ4n) is 3.39. The molecule has 0 spiro atoms. The lowest BCUT2D eigenvalue weighted by atomic mass is 9.88. The van der Waals surface area contributed by atoms with Crippen molar-refractivity contribution in [2.45, 2.75) is 32.2 Å². The first kappa shape index (κ1) is 18.6. The van der Waals surface area contributed by atoms with E-state index in [-0.39, 0.29) is 22.9 Å². The van der Waals surface area contributed by atoms with E-state index < -0.39 is 23.4 Å². The average Bonchev–Trinajstić information content (AvgIpc) is 2.66. The molecule has 3 rings (SSSR count). The average molecular weight is 368 g/mol. The zero-order valence-electron chi connectivity index (χ0n) is 14.9. The third-order valence-electron chi connectivity index (χ3n) is 4.76. The summed E-state index contributed by atoms with van der Waals surface area (Å²) in [6, 6.07) is 12.1. The van der Waals surface area contributed by atoms with E-state index in [9.17, 15) is 19.7 Å². The molecule has 1 N–H and O–H groups in total. The van der Waals surface area contributed by atoms with Crippen molar-refractivity contribution >= 4 is 17.6 Å². The first-order chi connectivity index (χ1) is 13.0. The van der Waals surface area contributed by atoms with Gasteiger partial charge in [-0.05, 0) is 43.4 Å². The van der Waals surface area contributed by atoms with Crippen molar-refractivity contribution in [2.24, 2.45) is 0 Å². The van der Waals surface area contributed by atoms with E-state index in [4.69, 9.17) is 4.74 Å². The quantitative estimate of drug-likeness (QED) is 0.496. The molecule has 0 aliphatic heterocycles. The number of nitrogens with one attached hydrogen (secondary N) is 1. The van der Waals surface area contributed by atoms with Gasteiger partial charge in [0, 0.05) is 11.6 Å². The summed E-state index contributed by atoms with van der Waals surface area (Å²) in [5.41, 5.74) is 2.46. The number of carbonyl (C=O) groups is 2. The number of nitro groups is 1. The summed E-state index contributed by atoms with van der Waals surface area (Å²) in [6.07, 6.45) is 2.80. The van der Waals surface area contributed by atoms with Gasteiger partial charge in [-0.3, -0.25) is 14.9 Å². The number of hydrogen-bond donors (Lipinski definition) is 1. The lowest BCUT2D eigenvalue weighted by Gasteiger charge is -2.26. The number of hydrogen-bond acceptors (Lipinski definition) is 5. The summed E-state index contributed by atoms with van der Waals surface area (Å²) in [7, 11) is 0. The van der Waals surface area contributed by atoms with Crippen LogP contribution in [0.1, 0.15) is 45.9 Å². The second-order valence-corrected chi connectivity index (χ2v) is 6.49. The van der Waals surface area contributed by atoms with Gasteiger partial charge in [0.15, 0.2) is 6.61 Å². The maximum atomic E-state index is 12.2. The molecule has 0 radical (unpaired) electrons. The molecular weight excluding hydrogens is 348 g/mol. The Morgan fingerprint density at radius 2 is 2.00 bits per heavy atom. The molecule has 0 aromatic heterocycles. The van der Waals surface area contributed by atoms with Crippen LogP contribution in [0.15, 0.2) is 42.5 Å². The van der Waals surface area contributed by atoms with Gasteiger partial charge in [-0.15, -0.1) is 0 Å². The van der Waals surface area contributed by atoms with Crippen molar-refractivity contribution in [1.82, 2.24) is 5.32 Å². The number of esters is 1. The molecule has 1 amide bonds. The molecule has 7 heteroatoms. The molecule has 27 heavy (non-hydrogen) atoms. The highest BCUT2D eigenvalue weighted by molar-refractivity contribution is 5.93. The fourth-order valence-corrected chi connectivity index (χ4v) is 3.39. The van der Waals surface area contributed by atoms with Crippen LogP contribution >= 0.6 is 0 Å². The van der Waals surface area contributed by atoms with Gasteiger partial charge in [-0.25, -0.2) is 4.79 Å². The predicted octanol–water partition coefficient (Wildman–Crippen LogP) is 3.25. The molecule has 1 aliphatic carbocycles. The summed E-state index contributed by atoms with van der Waals surface area (Å²) in [4.78, 5) is 34.8. The Morgan fingerprint density at radius 3 is 2.78 bits per heavy atom. The lowest BCUT2D eigenvalue weighted by molar-refractivity contribution is -0.385. The van der Waals surface area contributed by atoms with E-state index >= 15 is 0 Å². The number of carbonyl (C=O) groups excluding carboxylic acids is 2. The first-order valence-corrected chi connectivity index (χ1v) is 8.75. The van der Waals surface area contributed by atoms with Gasteiger partial charge in [-0.2, -0.15) is 0 Å². The number of fused-ring (bicyclic) bond motifs is 1. The molecule has 0 unspecified atom stereocenters. The fraction of sp³-hybridized carbons (Fsp3) is 0.300. The first-order valence-electron chi connectivity index (χ1n) is 8.75. The lowest BCUT2D eigenvalue weighted by Crippen LogP contribution is -2.34. The Labute approximate surface area is 156 Å². The third-order valence-corrected chi connectivity index (χ3v) is 4.76. The van der Waals surface area contributed by atoms with Gasteiger partial charge < -0.3 is 10.1 Å². The van der Waals surface area contributed by atoms with Crippen LogP contribution in [-0.4, -0.2) is 23.4 Å². The minimum absolute atomic E-state index is 0.0833. The van der Waals surface area contributed by atoms with Crippen LogP contribution in [0.3, 0.4) is 0 Å². The maximum Gasteiger partial charge on any atom is 0.339 e. The van der Waals surface area contributed by atoms with Crippen molar-refractivity contribution in [1.29, 1.82) is 0 Å². The molecule has 7 nitrogen and oxygen atoms in total. The summed E-state index contributed by atoms with van der Waals surface area (Å²) in [5, 5.41) is 13.9. The van der Waals surface area contributed by atoms with Crippen molar-refractivity contribution in [3.05, 3.63) is 74.8 Å². The van der Waals surface area contributed by atoms with E-state index in [2.05, 4.69) is 11.4 Å². The predicted molar refractivity (Wildman–Crippen MR) is 98.4 cm³/mol. The largest absolute Gasteiger partial charge is 0.452 e. The monoisotopic (exact) mass is 368 g/mol. The number of nitro benzene ring substituents is 1. The molecule has 140 valence electrons. The maximum absolute atomic E-state index is 12.2. The summed E-state index contributed by atoms with van der Waals surface area (Å²) >= 11 is 0. The number of amides is 1. The topological polar surface area (TPSA) is 98.5 Å². The van der Waals surface area contributed by atoms with E-state index in [1.807, 2.05) is 18.2 Å². The molecule has 0 fully saturated rings. The van der Waals surface area contributed by atoms with Crippen LogP contribution in [-0.2, 0) is 16.0 Å². The molecule has 0 saturated carbocycles. The Hall–Kier alpha value is -3.22. The summed E-state index contributed by atoms with van der Waals surface area (Å²) < 4.78 is 5.06. The highest BCUT2D eigenvalue weighted by Crippen LogP contribution is 2.29. The minimum Gasteiger partial charge on any atom is -0.452 e. The van der Waals surface area contributed by atoms with Crippen LogP contribution < -0.4 is 5.32 Å². The van der Waals surface area contributed by atoms with Crippen LogP contribution in [0.5, 0.6) is 0 Å². The second-order valence-electron chi connectivity index (χ2n) is 6.49. The molecule has 1 aliphatic rings. The van der Waals surface area contributed by atoms with Crippen LogP contribution in [0, 0.1) is 17.0 Å². The number of ether oxygens (including phenoxy) is 1. The van der Waals surface area contributed by atoms with E-state index in [1.54, 1.807) is 0 Å². The van der Waals surface area contributed by atoms with Crippen LogP contribution in [0.25, 0.3) is 0 Å². The van der Waals surface area contributed by atoms with Gasteiger partial charge in [0.1, 0.15) is 0 Å². The SMILES string of the molecule is Cc1c(C(=O)OCC(=O)N[C@@H]2CCCc3ccccc32)cccc1[N+](=O)[O-]. The molecule has 0 heterocycles. The summed E-state index contributed by atoms with van der Waals surface area (Å²) in [6.45, 7) is 1.05. The van der Waals surface area contributed by atoms with Gasteiger partial charge >= 0.3 is 5.97 Å². The molecular formula is C20H20N2O5. The van der Waals surface area contributed by atoms with Crippen LogP contribution in [0.2, 0.25) is 0 Å². The number of nitrogens with zero attached hydrogens (tertiary/aromatic N) is 1. The molecule has 0 bridgehead atoms. The van der Waals surface area contributed by atoms with Crippen molar-refractivity contribution in [3.63, 3.8) is 0 Å². The standard InChI is InChI=1S/C20H20N2O5/c1-13-15(9-5-11-18(13)22(25)26)20(24)27-12-19(23)21-17-10-4-7-14-6-2-3-8-16(14)17/h2-3,5-6,8-9,11,17H,4,7,10,12H2,1H3,(H,21,23)/t17-/m1/s1. The highest BCUT2D eigenvalue weighted by Gasteiger charge is 2.23. The van der Waals surface area contributed by atoms with Gasteiger partial charge in [0.05, 0.1) is 16.5 Å². The Balaban J connectivity index is 1.61. The molecule has 2 aromatic rings. The smallest absolute Gasteiger partial charge is 0.339 e. The number of rotatable bonds is 5. The zero-order valence-corrected chi connectivity index (χ0v) is 14.9. The molecule has 0 saturated heterocycles. The van der Waals surface area contributed by atoms with Crippen molar-refractivity contribution in [2.75, 3.05) is 6.61 Å². The number of aryl methyl sites for hydroxylation is 1. The normalized spacial score (nSPS) is 15.5. The van der Waals surface area contributed by atoms with Crippen LogP contribution in [0.4, 0.5) is 5.69 Å². The molecule has 2 aromatic carbocycles. The van der Waals surface area contributed by atoms with E-state index in [0.29, 0.717) is 0 Å². The zero-order chi connectivity index (χ0) is 19.4. The summed E-state index contributed by atoms with van der Waals surface area (Å²) in [5.74, 6) is -1.15. The van der Waals surface area contributed by atoms with Gasteiger partial charge in [0.2, 0.25) is 0 Å². The van der Waals surface area contributed by atoms with E-state index in [1.165, 1.54) is 30.7 Å². The van der Waals surface area contributed by atoms with Crippen molar-refractivity contribution < 1.29 is 19.2 Å². The van der Waals surface area contributed by atoms with Crippen molar-refractivity contribution in [3.8, 4) is 0 Å². The molecule has 1 atom stereocenters. The van der Waals surface area contributed by atoms with Gasteiger partial charge in [-0.1, -0.05) is 30.3 Å².